The molecule has 1 aliphatic rings. The fraction of sp³-hybridized carbons (Fsp3) is 0.211. The van der Waals surface area contributed by atoms with Crippen molar-refractivity contribution in [1.29, 1.82) is 5.26 Å². The first-order valence-electron chi connectivity index (χ1n) is 8.15. The number of hydrogen-bond acceptors (Lipinski definition) is 6. The standard InChI is InChI=1S/C19H17N3O4S/c1-25-13-6-4-12(5-7-13)21-18(24)11-27-19-15(10-20)14(9-17(23)22-19)16-3-2-8-26-16/h2-8,14H,9,11H2,1H3,(H,21,24)(H,22,23)/t14-/m1/s1. The topological polar surface area (TPSA) is 104 Å². The molecule has 1 aliphatic heterocycles. The summed E-state index contributed by atoms with van der Waals surface area (Å²) in [4.78, 5) is 24.2. The molecule has 2 aromatic rings. The normalized spacial score (nSPS) is 16.4. The van der Waals surface area contributed by atoms with Crippen LogP contribution in [0, 0.1) is 11.3 Å². The molecule has 0 spiro atoms. The zero-order valence-electron chi connectivity index (χ0n) is 14.5. The van der Waals surface area contributed by atoms with Crippen molar-refractivity contribution in [3.63, 3.8) is 0 Å². The molecule has 0 bridgehead atoms. The number of anilines is 1. The molecule has 8 heteroatoms. The summed E-state index contributed by atoms with van der Waals surface area (Å²) in [5, 5.41) is 15.4. The molecule has 1 aromatic heterocycles. The Balaban J connectivity index is 1.68. The minimum absolute atomic E-state index is 0.0533. The van der Waals surface area contributed by atoms with Gasteiger partial charge in [-0.1, -0.05) is 11.8 Å². The predicted octanol–water partition coefficient (Wildman–Crippen LogP) is 3.00. The molecule has 0 aliphatic carbocycles. The van der Waals surface area contributed by atoms with Gasteiger partial charge in [-0.25, -0.2) is 0 Å². The molecule has 138 valence electrons. The van der Waals surface area contributed by atoms with Gasteiger partial charge in [0.2, 0.25) is 11.8 Å². The third kappa shape index (κ3) is 4.51. The monoisotopic (exact) mass is 383 g/mol. The molecule has 3 rings (SSSR count). The van der Waals surface area contributed by atoms with Crippen LogP contribution in [0.25, 0.3) is 0 Å². The van der Waals surface area contributed by atoms with Crippen LogP contribution < -0.4 is 15.4 Å². The zero-order chi connectivity index (χ0) is 19.2. The van der Waals surface area contributed by atoms with E-state index in [1.165, 1.54) is 6.26 Å². The summed E-state index contributed by atoms with van der Waals surface area (Å²) in [5.74, 6) is 0.406. The van der Waals surface area contributed by atoms with Crippen LogP contribution in [0.5, 0.6) is 5.75 Å². The Bertz CT molecular complexity index is 898. The average molecular weight is 383 g/mol. The van der Waals surface area contributed by atoms with Crippen LogP contribution in [0.3, 0.4) is 0 Å². The number of rotatable bonds is 6. The van der Waals surface area contributed by atoms with Crippen molar-refractivity contribution in [2.45, 2.75) is 12.3 Å². The molecule has 1 atom stereocenters. The van der Waals surface area contributed by atoms with Crippen molar-refractivity contribution in [3.8, 4) is 11.8 Å². The second-order valence-electron chi connectivity index (χ2n) is 5.74. The number of allylic oxidation sites excluding steroid dienone is 1. The third-order valence-corrected chi connectivity index (χ3v) is 4.98. The molecule has 2 N–H and O–H groups in total. The van der Waals surface area contributed by atoms with Crippen LogP contribution in [0.2, 0.25) is 0 Å². The lowest BCUT2D eigenvalue weighted by atomic mass is 9.92. The molecule has 0 saturated carbocycles. The smallest absolute Gasteiger partial charge is 0.234 e. The molecule has 1 aromatic carbocycles. The number of ether oxygens (including phenoxy) is 1. The summed E-state index contributed by atoms with van der Waals surface area (Å²) in [6.45, 7) is 0. The lowest BCUT2D eigenvalue weighted by Crippen LogP contribution is -2.31. The van der Waals surface area contributed by atoms with Crippen LogP contribution in [0.1, 0.15) is 18.1 Å². The number of carbonyl (C=O) groups is 2. The highest BCUT2D eigenvalue weighted by molar-refractivity contribution is 8.03. The Labute approximate surface area is 160 Å². The van der Waals surface area contributed by atoms with Gasteiger partial charge in [-0.15, -0.1) is 0 Å². The summed E-state index contributed by atoms with van der Waals surface area (Å²) < 4.78 is 10.4. The SMILES string of the molecule is COc1ccc(NC(=O)CSC2=C(C#N)[C@H](c3ccco3)CC(=O)N2)cc1. The van der Waals surface area contributed by atoms with Crippen LogP contribution >= 0.6 is 11.8 Å². The van der Waals surface area contributed by atoms with Gasteiger partial charge in [-0.05, 0) is 36.4 Å². The van der Waals surface area contributed by atoms with Gasteiger partial charge in [0, 0.05) is 12.1 Å². The maximum absolute atomic E-state index is 12.2. The van der Waals surface area contributed by atoms with Crippen LogP contribution in [0.15, 0.2) is 57.7 Å². The third-order valence-electron chi connectivity index (χ3n) is 3.96. The zero-order valence-corrected chi connectivity index (χ0v) is 15.3. The van der Waals surface area contributed by atoms with Crippen molar-refractivity contribution in [2.24, 2.45) is 0 Å². The first-order valence-corrected chi connectivity index (χ1v) is 9.13. The van der Waals surface area contributed by atoms with E-state index in [0.29, 0.717) is 27.8 Å². The molecule has 0 saturated heterocycles. The highest BCUT2D eigenvalue weighted by Crippen LogP contribution is 2.36. The van der Waals surface area contributed by atoms with E-state index in [1.807, 2.05) is 0 Å². The quantitative estimate of drug-likeness (QED) is 0.795. The van der Waals surface area contributed by atoms with E-state index in [0.717, 1.165) is 11.8 Å². The van der Waals surface area contributed by atoms with Gasteiger partial charge in [-0.3, -0.25) is 9.59 Å². The van der Waals surface area contributed by atoms with E-state index in [9.17, 15) is 14.9 Å². The first-order chi connectivity index (χ1) is 13.1. The molecule has 2 amide bonds. The van der Waals surface area contributed by atoms with Crippen molar-refractivity contribution >= 4 is 29.3 Å². The molecule has 7 nitrogen and oxygen atoms in total. The van der Waals surface area contributed by atoms with Crippen molar-refractivity contribution in [2.75, 3.05) is 18.2 Å². The van der Waals surface area contributed by atoms with E-state index in [-0.39, 0.29) is 24.0 Å². The number of methoxy groups -OCH3 is 1. The summed E-state index contributed by atoms with van der Waals surface area (Å²) in [7, 11) is 1.57. The molecule has 0 unspecified atom stereocenters. The summed E-state index contributed by atoms with van der Waals surface area (Å²) in [5.41, 5.74) is 1.03. The van der Waals surface area contributed by atoms with Gasteiger partial charge in [0.1, 0.15) is 11.5 Å². The maximum Gasteiger partial charge on any atom is 0.234 e. The number of furan rings is 1. The molecule has 0 fully saturated rings. The Hall–Kier alpha value is -3.18. The van der Waals surface area contributed by atoms with Gasteiger partial charge in [0.15, 0.2) is 0 Å². The maximum atomic E-state index is 12.2. The van der Waals surface area contributed by atoms with Crippen molar-refractivity contribution in [3.05, 3.63) is 59.0 Å². The number of benzene rings is 1. The Morgan fingerprint density at radius 2 is 2.19 bits per heavy atom. The summed E-state index contributed by atoms with van der Waals surface area (Å²) >= 11 is 1.12. The minimum Gasteiger partial charge on any atom is -0.497 e. The van der Waals surface area contributed by atoms with Crippen molar-refractivity contribution in [1.82, 2.24) is 5.32 Å². The van der Waals surface area contributed by atoms with Gasteiger partial charge < -0.3 is 19.8 Å². The minimum atomic E-state index is -0.439. The fourth-order valence-electron chi connectivity index (χ4n) is 2.67. The molecule has 0 radical (unpaired) electrons. The number of thioether (sulfide) groups is 1. The highest BCUT2D eigenvalue weighted by atomic mass is 32.2. The van der Waals surface area contributed by atoms with E-state index in [4.69, 9.17) is 9.15 Å². The van der Waals surface area contributed by atoms with Gasteiger partial charge in [-0.2, -0.15) is 5.26 Å². The summed E-state index contributed by atoms with van der Waals surface area (Å²) in [6, 6.07) is 12.5. The average Bonchev–Trinajstić information content (AvgIpc) is 3.21. The van der Waals surface area contributed by atoms with E-state index in [2.05, 4.69) is 16.7 Å². The lowest BCUT2D eigenvalue weighted by Gasteiger charge is -2.23. The molecule has 2 heterocycles. The largest absolute Gasteiger partial charge is 0.497 e. The van der Waals surface area contributed by atoms with Gasteiger partial charge in [0.25, 0.3) is 0 Å². The second kappa shape index (κ2) is 8.47. The van der Waals surface area contributed by atoms with E-state index < -0.39 is 5.92 Å². The summed E-state index contributed by atoms with van der Waals surface area (Å²) in [6.07, 6.45) is 1.64. The first kappa shape index (κ1) is 18.6. The van der Waals surface area contributed by atoms with Crippen LogP contribution in [-0.2, 0) is 9.59 Å². The number of nitriles is 1. The van der Waals surface area contributed by atoms with Crippen molar-refractivity contribution < 1.29 is 18.7 Å². The Kier molecular flexibility index (Phi) is 5.84. The molecular weight excluding hydrogens is 366 g/mol. The second-order valence-corrected chi connectivity index (χ2v) is 6.73. The van der Waals surface area contributed by atoms with Crippen LogP contribution in [0.4, 0.5) is 5.69 Å². The Morgan fingerprint density at radius 1 is 1.41 bits per heavy atom. The molecular formula is C19H17N3O4S. The van der Waals surface area contributed by atoms with E-state index in [1.54, 1.807) is 43.5 Å². The number of carbonyl (C=O) groups excluding carboxylic acids is 2. The predicted molar refractivity (Wildman–Crippen MR) is 101 cm³/mol. The molecule has 27 heavy (non-hydrogen) atoms. The van der Waals surface area contributed by atoms with Gasteiger partial charge in [0.05, 0.1) is 41.7 Å². The Morgan fingerprint density at radius 3 is 2.81 bits per heavy atom. The van der Waals surface area contributed by atoms with E-state index >= 15 is 0 Å². The number of nitrogens with zero attached hydrogens (tertiary/aromatic N) is 1. The van der Waals surface area contributed by atoms with Gasteiger partial charge >= 0.3 is 0 Å². The van der Waals surface area contributed by atoms with Crippen LogP contribution in [-0.4, -0.2) is 24.7 Å². The highest BCUT2D eigenvalue weighted by Gasteiger charge is 2.31. The fourth-order valence-corrected chi connectivity index (χ4v) is 3.55. The number of amides is 2. The number of hydrogen-bond donors (Lipinski definition) is 2. The lowest BCUT2D eigenvalue weighted by molar-refractivity contribution is -0.121. The number of nitrogens with one attached hydrogen (secondary N) is 2.